The monoisotopic (exact) mass is 549 g/mol. The Hall–Kier alpha value is -2.87. The summed E-state index contributed by atoms with van der Waals surface area (Å²) in [5.41, 5.74) is 12.0. The summed E-state index contributed by atoms with van der Waals surface area (Å²) in [5, 5.41) is 7.17. The summed E-state index contributed by atoms with van der Waals surface area (Å²) in [6.07, 6.45) is 8.55. The Morgan fingerprint density at radius 3 is 2.61 bits per heavy atom. The number of nitrogens with two attached hydrogens (primary N) is 1. The average molecular weight is 549 g/mol. The number of rotatable bonds is 8. The van der Waals surface area contributed by atoms with Crippen LogP contribution in [0.5, 0.6) is 0 Å². The summed E-state index contributed by atoms with van der Waals surface area (Å²) in [5.74, 6) is 0.519. The number of nitrogens with zero attached hydrogens (tertiary/aromatic N) is 4. The molecule has 0 bridgehead atoms. The van der Waals surface area contributed by atoms with Gasteiger partial charge in [0, 0.05) is 35.4 Å². The Morgan fingerprint density at radius 1 is 1.00 bits per heavy atom. The second-order valence-electron chi connectivity index (χ2n) is 8.47. The number of nitrogen functional groups attached to an aromatic ring is 1. The van der Waals surface area contributed by atoms with Crippen LogP contribution in [0, 0.1) is 0 Å². The molecular formula is C27H28IN5. The van der Waals surface area contributed by atoms with Crippen molar-refractivity contribution in [3.63, 3.8) is 0 Å². The molecule has 5 aromatic rings. The Morgan fingerprint density at radius 2 is 1.79 bits per heavy atom. The molecule has 0 amide bonds. The first kappa shape index (κ1) is 21.9. The largest absolute Gasteiger partial charge is 0.382 e. The van der Waals surface area contributed by atoms with E-state index in [2.05, 4.69) is 105 Å². The lowest BCUT2D eigenvalue weighted by Gasteiger charge is -2.12. The number of fused-ring (bicyclic) bond motifs is 3. The topological polar surface area (TPSA) is 61.7 Å². The number of halogens is 1. The first-order valence-corrected chi connectivity index (χ1v) is 12.8. The average Bonchev–Trinajstić information content (AvgIpc) is 3.45. The molecular weight excluding hydrogens is 521 g/mol. The minimum absolute atomic E-state index is 0.300. The third kappa shape index (κ3) is 4.36. The van der Waals surface area contributed by atoms with Gasteiger partial charge in [-0.2, -0.15) is 5.10 Å². The molecule has 6 heteroatoms. The van der Waals surface area contributed by atoms with Gasteiger partial charge in [-0.05, 0) is 48.9 Å². The van der Waals surface area contributed by atoms with Crippen molar-refractivity contribution in [2.45, 2.75) is 43.2 Å². The highest BCUT2D eigenvalue weighted by Crippen LogP contribution is 2.32. The number of hydrogen-bond acceptors (Lipinski definition) is 3. The van der Waals surface area contributed by atoms with Crippen LogP contribution in [0.15, 0.2) is 73.1 Å². The fourth-order valence-corrected chi connectivity index (χ4v) is 5.33. The molecule has 33 heavy (non-hydrogen) atoms. The van der Waals surface area contributed by atoms with E-state index in [1.165, 1.54) is 22.2 Å². The normalized spacial score (nSPS) is 12.5. The standard InChI is InChI=1S/C27H28IN5/c1-2-16-33-23(24-21-12-6-7-13-22(21)30-27(29)25(24)31-33)14-8-9-19-15-17-32(18-19)26(28)20-10-4-3-5-11-20/h3-7,10-13,15,17-18,26H,2,8-9,14,16H2,1H3,(H2,29,30). The number of alkyl halides is 1. The Bertz CT molecular complexity index is 1390. The zero-order valence-corrected chi connectivity index (χ0v) is 20.9. The van der Waals surface area contributed by atoms with E-state index >= 15 is 0 Å². The van der Waals surface area contributed by atoms with Gasteiger partial charge in [-0.1, -0.05) is 78.0 Å². The van der Waals surface area contributed by atoms with Crippen molar-refractivity contribution in [1.82, 2.24) is 19.3 Å². The third-order valence-electron chi connectivity index (χ3n) is 6.14. The van der Waals surface area contributed by atoms with Gasteiger partial charge in [-0.25, -0.2) is 4.98 Å². The Labute approximate surface area is 207 Å². The van der Waals surface area contributed by atoms with E-state index in [-0.39, 0.29) is 0 Å². The molecule has 3 heterocycles. The quantitative estimate of drug-likeness (QED) is 0.177. The highest BCUT2D eigenvalue weighted by molar-refractivity contribution is 14.1. The number of hydrogen-bond donors (Lipinski definition) is 1. The number of aromatic nitrogens is 4. The predicted octanol–water partition coefficient (Wildman–Crippen LogP) is 6.54. The van der Waals surface area contributed by atoms with Crippen LogP contribution in [0.2, 0.25) is 0 Å². The molecule has 0 radical (unpaired) electrons. The van der Waals surface area contributed by atoms with Crippen molar-refractivity contribution in [2.75, 3.05) is 5.73 Å². The van der Waals surface area contributed by atoms with Crippen LogP contribution < -0.4 is 5.73 Å². The van der Waals surface area contributed by atoms with Gasteiger partial charge in [0.15, 0.2) is 5.82 Å². The van der Waals surface area contributed by atoms with Gasteiger partial charge in [0.2, 0.25) is 0 Å². The van der Waals surface area contributed by atoms with Gasteiger partial charge < -0.3 is 10.3 Å². The van der Waals surface area contributed by atoms with Gasteiger partial charge >= 0.3 is 0 Å². The minimum atomic E-state index is 0.300. The lowest BCUT2D eigenvalue weighted by molar-refractivity contribution is 0.572. The summed E-state index contributed by atoms with van der Waals surface area (Å²) in [6.45, 7) is 3.08. The molecule has 0 saturated carbocycles. The molecule has 0 spiro atoms. The minimum Gasteiger partial charge on any atom is -0.382 e. The molecule has 2 aromatic carbocycles. The number of benzene rings is 2. The maximum absolute atomic E-state index is 6.31. The van der Waals surface area contributed by atoms with E-state index in [4.69, 9.17) is 10.8 Å². The van der Waals surface area contributed by atoms with Crippen LogP contribution in [0.1, 0.15) is 40.6 Å². The van der Waals surface area contributed by atoms with Crippen molar-refractivity contribution in [1.29, 1.82) is 0 Å². The predicted molar refractivity (Wildman–Crippen MR) is 145 cm³/mol. The Balaban J connectivity index is 1.39. The van der Waals surface area contributed by atoms with Crippen molar-refractivity contribution in [2.24, 2.45) is 0 Å². The molecule has 5 rings (SSSR count). The van der Waals surface area contributed by atoms with Crippen molar-refractivity contribution in [3.05, 3.63) is 89.9 Å². The highest BCUT2D eigenvalue weighted by Gasteiger charge is 2.17. The van der Waals surface area contributed by atoms with Gasteiger partial charge in [0.25, 0.3) is 0 Å². The van der Waals surface area contributed by atoms with Crippen molar-refractivity contribution < 1.29 is 0 Å². The van der Waals surface area contributed by atoms with Gasteiger partial charge in [0.1, 0.15) is 9.57 Å². The molecule has 0 aliphatic carbocycles. The van der Waals surface area contributed by atoms with Crippen LogP contribution in [0.4, 0.5) is 5.82 Å². The molecule has 2 N–H and O–H groups in total. The summed E-state index contributed by atoms with van der Waals surface area (Å²) >= 11 is 2.50. The summed E-state index contributed by atoms with van der Waals surface area (Å²) < 4.78 is 4.74. The van der Waals surface area contributed by atoms with Crippen molar-refractivity contribution >= 4 is 50.2 Å². The summed E-state index contributed by atoms with van der Waals surface area (Å²) in [7, 11) is 0. The van der Waals surface area contributed by atoms with E-state index in [0.717, 1.165) is 48.6 Å². The second-order valence-corrected chi connectivity index (χ2v) is 9.65. The smallest absolute Gasteiger partial charge is 0.152 e. The molecule has 3 aromatic heterocycles. The van der Waals surface area contributed by atoms with E-state index in [1.54, 1.807) is 0 Å². The van der Waals surface area contributed by atoms with Crippen LogP contribution in [-0.2, 0) is 19.4 Å². The molecule has 1 unspecified atom stereocenters. The maximum Gasteiger partial charge on any atom is 0.152 e. The summed E-state index contributed by atoms with van der Waals surface area (Å²) in [4.78, 5) is 4.59. The molecule has 0 aliphatic rings. The molecule has 5 nitrogen and oxygen atoms in total. The SMILES string of the molecule is CCCn1nc2c(N)nc3ccccc3c2c1CCCc1ccn(C(I)c2ccccc2)c1. The van der Waals surface area contributed by atoms with Crippen LogP contribution in [0.25, 0.3) is 21.8 Å². The first-order chi connectivity index (χ1) is 16.2. The molecule has 0 saturated heterocycles. The van der Waals surface area contributed by atoms with Gasteiger partial charge in [-0.15, -0.1) is 0 Å². The van der Waals surface area contributed by atoms with Crippen molar-refractivity contribution in [3.8, 4) is 0 Å². The second kappa shape index (κ2) is 9.55. The fourth-order valence-electron chi connectivity index (χ4n) is 4.57. The number of para-hydroxylation sites is 1. The van der Waals surface area contributed by atoms with Crippen LogP contribution in [-0.4, -0.2) is 19.3 Å². The zero-order valence-electron chi connectivity index (χ0n) is 18.8. The Kier molecular flexibility index (Phi) is 6.35. The molecule has 1 atom stereocenters. The lowest BCUT2D eigenvalue weighted by Crippen LogP contribution is -2.05. The van der Waals surface area contributed by atoms with E-state index < -0.39 is 0 Å². The fraction of sp³-hybridized carbons (Fsp3) is 0.259. The highest BCUT2D eigenvalue weighted by atomic mass is 127. The molecule has 168 valence electrons. The van der Waals surface area contributed by atoms with Gasteiger partial charge in [-0.3, -0.25) is 4.68 Å². The van der Waals surface area contributed by atoms with E-state index in [1.807, 2.05) is 12.1 Å². The van der Waals surface area contributed by atoms with E-state index in [0.29, 0.717) is 9.87 Å². The lowest BCUT2D eigenvalue weighted by atomic mass is 10.0. The molecule has 0 fully saturated rings. The third-order valence-corrected chi connectivity index (χ3v) is 7.50. The molecule has 0 aliphatic heterocycles. The first-order valence-electron chi connectivity index (χ1n) is 11.5. The maximum atomic E-state index is 6.31. The van der Waals surface area contributed by atoms with Crippen LogP contribution in [0.3, 0.4) is 0 Å². The number of anilines is 1. The van der Waals surface area contributed by atoms with Crippen LogP contribution >= 0.6 is 22.6 Å². The zero-order chi connectivity index (χ0) is 22.8. The number of pyridine rings is 1. The number of aryl methyl sites for hydroxylation is 3. The van der Waals surface area contributed by atoms with Gasteiger partial charge in [0.05, 0.1) is 5.52 Å². The van der Waals surface area contributed by atoms with E-state index in [9.17, 15) is 0 Å². The summed E-state index contributed by atoms with van der Waals surface area (Å²) in [6, 6.07) is 21.1.